The number of hydrogen-bond acceptors (Lipinski definition) is 1. The van der Waals surface area contributed by atoms with Gasteiger partial charge in [0.1, 0.15) is 5.75 Å². The van der Waals surface area contributed by atoms with Crippen molar-refractivity contribution < 1.29 is 4.74 Å². The molecule has 0 fully saturated rings. The molecule has 88 valence electrons. The van der Waals surface area contributed by atoms with E-state index in [1.54, 1.807) is 0 Å². The number of hydrogen-bond donors (Lipinski definition) is 0. The van der Waals surface area contributed by atoms with Crippen LogP contribution in [0.3, 0.4) is 0 Å². The van der Waals surface area contributed by atoms with Gasteiger partial charge in [-0.15, -0.1) is 0 Å². The van der Waals surface area contributed by atoms with Gasteiger partial charge in [0.15, 0.2) is 0 Å². The SMILES string of the molecule is CC(C)c1ccc(C(C)(C)C)c2c1CCO2. The molecule has 0 bridgehead atoms. The van der Waals surface area contributed by atoms with Crippen molar-refractivity contribution in [2.24, 2.45) is 0 Å². The van der Waals surface area contributed by atoms with Gasteiger partial charge in [-0.1, -0.05) is 46.8 Å². The fourth-order valence-corrected chi connectivity index (χ4v) is 2.45. The molecule has 0 atom stereocenters. The number of fused-ring (bicyclic) bond motifs is 1. The predicted octanol–water partition coefficient (Wildman–Crippen LogP) is 4.04. The van der Waals surface area contributed by atoms with Crippen molar-refractivity contribution in [3.63, 3.8) is 0 Å². The Balaban J connectivity index is 2.58. The molecule has 1 nitrogen and oxygen atoms in total. The summed E-state index contributed by atoms with van der Waals surface area (Å²) in [5.74, 6) is 1.75. The smallest absolute Gasteiger partial charge is 0.126 e. The van der Waals surface area contributed by atoms with Gasteiger partial charge in [0.2, 0.25) is 0 Å². The minimum absolute atomic E-state index is 0.171. The molecular weight excluding hydrogens is 196 g/mol. The Morgan fingerprint density at radius 2 is 1.88 bits per heavy atom. The Labute approximate surface area is 98.8 Å². The first-order valence-electron chi connectivity index (χ1n) is 6.20. The van der Waals surface area contributed by atoms with Crippen LogP contribution in [-0.2, 0) is 11.8 Å². The van der Waals surface area contributed by atoms with E-state index in [0.29, 0.717) is 5.92 Å². The third-order valence-electron chi connectivity index (χ3n) is 3.33. The van der Waals surface area contributed by atoms with E-state index in [-0.39, 0.29) is 5.41 Å². The van der Waals surface area contributed by atoms with Crippen molar-refractivity contribution in [1.82, 2.24) is 0 Å². The molecule has 0 spiro atoms. The molecule has 1 heteroatoms. The lowest BCUT2D eigenvalue weighted by Crippen LogP contribution is -2.13. The molecule has 0 unspecified atom stereocenters. The largest absolute Gasteiger partial charge is 0.493 e. The molecule has 0 N–H and O–H groups in total. The minimum Gasteiger partial charge on any atom is -0.493 e. The number of benzene rings is 1. The molecule has 1 aliphatic rings. The zero-order chi connectivity index (χ0) is 11.9. The molecular formula is C15H22O. The molecule has 1 heterocycles. The summed E-state index contributed by atoms with van der Waals surface area (Å²) in [6.07, 6.45) is 1.08. The summed E-state index contributed by atoms with van der Waals surface area (Å²) in [5.41, 5.74) is 4.43. The second-order valence-electron chi connectivity index (χ2n) is 6.01. The summed E-state index contributed by atoms with van der Waals surface area (Å²) in [7, 11) is 0. The maximum Gasteiger partial charge on any atom is 0.126 e. The number of ether oxygens (including phenoxy) is 1. The van der Waals surface area contributed by atoms with Crippen LogP contribution < -0.4 is 4.74 Å². The second-order valence-corrected chi connectivity index (χ2v) is 6.01. The molecule has 0 aromatic heterocycles. The van der Waals surface area contributed by atoms with E-state index < -0.39 is 0 Å². The third kappa shape index (κ3) is 1.83. The molecule has 0 aliphatic carbocycles. The average Bonchev–Trinajstić information content (AvgIpc) is 2.61. The van der Waals surface area contributed by atoms with E-state index in [9.17, 15) is 0 Å². The van der Waals surface area contributed by atoms with Crippen molar-refractivity contribution in [2.75, 3.05) is 6.61 Å². The van der Waals surface area contributed by atoms with Crippen LogP contribution in [0.1, 0.15) is 57.2 Å². The van der Waals surface area contributed by atoms with Crippen LogP contribution in [0.25, 0.3) is 0 Å². The van der Waals surface area contributed by atoms with E-state index in [1.807, 2.05) is 0 Å². The fourth-order valence-electron chi connectivity index (χ4n) is 2.45. The summed E-state index contributed by atoms with van der Waals surface area (Å²) in [5, 5.41) is 0. The average molecular weight is 218 g/mol. The van der Waals surface area contributed by atoms with Crippen LogP contribution >= 0.6 is 0 Å². The zero-order valence-corrected chi connectivity index (χ0v) is 11.1. The van der Waals surface area contributed by atoms with Crippen LogP contribution in [0.2, 0.25) is 0 Å². The summed E-state index contributed by atoms with van der Waals surface area (Å²) in [4.78, 5) is 0. The predicted molar refractivity (Wildman–Crippen MR) is 68.4 cm³/mol. The van der Waals surface area contributed by atoms with Crippen LogP contribution in [0.4, 0.5) is 0 Å². The molecule has 0 amide bonds. The van der Waals surface area contributed by atoms with E-state index in [1.165, 1.54) is 22.4 Å². The first-order valence-corrected chi connectivity index (χ1v) is 6.20. The van der Waals surface area contributed by atoms with Gasteiger partial charge < -0.3 is 4.74 Å². The molecule has 0 radical (unpaired) electrons. The number of rotatable bonds is 1. The maximum absolute atomic E-state index is 5.85. The van der Waals surface area contributed by atoms with Crippen LogP contribution in [0, 0.1) is 0 Å². The summed E-state index contributed by atoms with van der Waals surface area (Å²) >= 11 is 0. The van der Waals surface area contributed by atoms with Crippen LogP contribution in [-0.4, -0.2) is 6.61 Å². The monoisotopic (exact) mass is 218 g/mol. The van der Waals surface area contributed by atoms with E-state index in [0.717, 1.165) is 13.0 Å². The summed E-state index contributed by atoms with van der Waals surface area (Å²) in [6.45, 7) is 12.1. The highest BCUT2D eigenvalue weighted by atomic mass is 16.5. The van der Waals surface area contributed by atoms with Gasteiger partial charge in [-0.3, -0.25) is 0 Å². The lowest BCUT2D eigenvalue weighted by atomic mass is 9.82. The zero-order valence-electron chi connectivity index (χ0n) is 11.1. The van der Waals surface area contributed by atoms with Gasteiger partial charge >= 0.3 is 0 Å². The van der Waals surface area contributed by atoms with Gasteiger partial charge in [-0.25, -0.2) is 0 Å². The molecule has 2 rings (SSSR count). The Bertz CT molecular complexity index is 397. The first-order chi connectivity index (χ1) is 7.41. The lowest BCUT2D eigenvalue weighted by molar-refractivity contribution is 0.347. The van der Waals surface area contributed by atoms with E-state index in [4.69, 9.17) is 4.74 Å². The second kappa shape index (κ2) is 3.80. The van der Waals surface area contributed by atoms with Crippen molar-refractivity contribution >= 4 is 0 Å². The van der Waals surface area contributed by atoms with Crippen molar-refractivity contribution in [1.29, 1.82) is 0 Å². The fraction of sp³-hybridized carbons (Fsp3) is 0.600. The first kappa shape index (κ1) is 11.5. The highest BCUT2D eigenvalue weighted by molar-refractivity contribution is 5.52. The highest BCUT2D eigenvalue weighted by Crippen LogP contribution is 2.40. The Hall–Kier alpha value is -0.980. The van der Waals surface area contributed by atoms with Gasteiger partial charge in [0.25, 0.3) is 0 Å². The molecule has 0 saturated carbocycles. The maximum atomic E-state index is 5.85. The lowest BCUT2D eigenvalue weighted by Gasteiger charge is -2.23. The quantitative estimate of drug-likeness (QED) is 0.691. The van der Waals surface area contributed by atoms with E-state index >= 15 is 0 Å². The molecule has 16 heavy (non-hydrogen) atoms. The highest BCUT2D eigenvalue weighted by Gasteiger charge is 2.26. The molecule has 1 aliphatic heterocycles. The topological polar surface area (TPSA) is 9.23 Å². The minimum atomic E-state index is 0.171. The van der Waals surface area contributed by atoms with Gasteiger partial charge in [-0.2, -0.15) is 0 Å². The molecule has 0 saturated heterocycles. The van der Waals surface area contributed by atoms with Crippen molar-refractivity contribution in [3.8, 4) is 5.75 Å². The van der Waals surface area contributed by atoms with Crippen LogP contribution in [0.15, 0.2) is 12.1 Å². The van der Waals surface area contributed by atoms with Gasteiger partial charge in [0, 0.05) is 12.0 Å². The van der Waals surface area contributed by atoms with Gasteiger partial charge in [0.05, 0.1) is 6.61 Å². The van der Waals surface area contributed by atoms with E-state index in [2.05, 4.69) is 46.8 Å². The Morgan fingerprint density at radius 1 is 1.19 bits per heavy atom. The van der Waals surface area contributed by atoms with Crippen molar-refractivity contribution in [2.45, 2.75) is 52.4 Å². The standard InChI is InChI=1S/C15H22O/c1-10(2)11-6-7-13(15(3,4)5)14-12(11)8-9-16-14/h6-7,10H,8-9H2,1-5H3. The summed E-state index contributed by atoms with van der Waals surface area (Å²) in [6, 6.07) is 4.54. The normalized spacial score (nSPS) is 15.1. The van der Waals surface area contributed by atoms with Gasteiger partial charge in [-0.05, 0) is 22.5 Å². The molecule has 1 aromatic carbocycles. The van der Waals surface area contributed by atoms with Crippen LogP contribution in [0.5, 0.6) is 5.75 Å². The van der Waals surface area contributed by atoms with Crippen molar-refractivity contribution in [3.05, 3.63) is 28.8 Å². The third-order valence-corrected chi connectivity index (χ3v) is 3.33. The Morgan fingerprint density at radius 3 is 2.44 bits per heavy atom. The summed E-state index contributed by atoms with van der Waals surface area (Å²) < 4.78 is 5.85. The Kier molecular flexibility index (Phi) is 2.73. The molecule has 1 aromatic rings.